The fourth-order valence-corrected chi connectivity index (χ4v) is 4.23. The number of nitrogens with zero attached hydrogens (tertiary/aromatic N) is 1. The molecule has 2 aromatic heterocycles. The van der Waals surface area contributed by atoms with Gasteiger partial charge in [0, 0.05) is 40.3 Å². The summed E-state index contributed by atoms with van der Waals surface area (Å²) in [5, 5.41) is 0.427. The van der Waals surface area contributed by atoms with Gasteiger partial charge in [-0.15, -0.1) is 0 Å². The van der Waals surface area contributed by atoms with Gasteiger partial charge >= 0.3 is 0 Å². The minimum absolute atomic E-state index is 0.0782. The van der Waals surface area contributed by atoms with Crippen LogP contribution >= 0.6 is 0 Å². The van der Waals surface area contributed by atoms with Crippen LogP contribution in [0.4, 0.5) is 20.2 Å². The first-order valence-corrected chi connectivity index (χ1v) is 13.2. The highest BCUT2D eigenvalue weighted by molar-refractivity contribution is 7.86. The van der Waals surface area contributed by atoms with Gasteiger partial charge in [0.25, 0.3) is 0 Å². The number of nitrogens with two attached hydrogens (primary N) is 1. The van der Waals surface area contributed by atoms with Crippen molar-refractivity contribution < 1.29 is 17.8 Å². The van der Waals surface area contributed by atoms with E-state index in [4.69, 9.17) is 5.73 Å². The molecule has 0 radical (unpaired) electrons. The molecule has 0 saturated heterocycles. The van der Waals surface area contributed by atoms with Gasteiger partial charge in [-0.25, -0.2) is 18.0 Å². The Kier molecular flexibility index (Phi) is 10.7. The summed E-state index contributed by atoms with van der Waals surface area (Å²) in [6.45, 7) is 9.83. The number of benzene rings is 2. The standard InChI is InChI=1S/C23H20F2N4O2S.2C2H6/c1-2-9-32(31)29-19-8-7-18(24)20(21(19)25)22(30)17-12-28-23-16(17)10-14(11-27-23)13-3-5-15(26)6-4-13;2*1-2/h3-8,10-12,29H,2,9,26H2,1H3,(H,27,28);2*1-2H3. The Bertz CT molecular complexity index is 1340. The molecule has 192 valence electrons. The molecule has 4 aromatic rings. The molecule has 0 amide bonds. The lowest BCUT2D eigenvalue weighted by Crippen LogP contribution is -2.13. The quantitative estimate of drug-likeness (QED) is 0.185. The van der Waals surface area contributed by atoms with Gasteiger partial charge in [-0.1, -0.05) is 46.8 Å². The number of hydrogen-bond donors (Lipinski definition) is 3. The Labute approximate surface area is 212 Å². The molecule has 6 nitrogen and oxygen atoms in total. The van der Waals surface area contributed by atoms with E-state index in [0.717, 1.165) is 23.3 Å². The SMILES string of the molecule is CC.CC.CCCS(=O)Nc1ccc(F)c(C(=O)c2c[nH]c3ncc(-c4ccc(N)cc4)cc23)c1F. The monoisotopic (exact) mass is 514 g/mol. The number of fused-ring (bicyclic) bond motifs is 1. The summed E-state index contributed by atoms with van der Waals surface area (Å²) < 4.78 is 44.1. The molecule has 0 aliphatic rings. The van der Waals surface area contributed by atoms with Crippen molar-refractivity contribution in [2.24, 2.45) is 0 Å². The number of aromatic nitrogens is 2. The zero-order valence-corrected chi connectivity index (χ0v) is 21.9. The van der Waals surface area contributed by atoms with Crippen LogP contribution in [0.1, 0.15) is 57.0 Å². The van der Waals surface area contributed by atoms with E-state index in [-0.39, 0.29) is 11.3 Å². The van der Waals surface area contributed by atoms with Crippen molar-refractivity contribution in [3.05, 3.63) is 77.6 Å². The minimum atomic E-state index is -1.54. The molecule has 0 fully saturated rings. The number of pyridine rings is 1. The Morgan fingerprint density at radius 3 is 2.36 bits per heavy atom. The first kappa shape index (κ1) is 28.6. The molecule has 0 spiro atoms. The predicted molar refractivity (Wildman–Crippen MR) is 145 cm³/mol. The number of ketones is 1. The van der Waals surface area contributed by atoms with Crippen molar-refractivity contribution in [1.82, 2.24) is 9.97 Å². The molecule has 1 unspecified atom stereocenters. The molecule has 0 bridgehead atoms. The van der Waals surface area contributed by atoms with Gasteiger partial charge < -0.3 is 15.4 Å². The number of H-pyrrole nitrogens is 1. The third-order valence-corrected chi connectivity index (χ3v) is 6.18. The number of nitrogen functional groups attached to an aromatic ring is 1. The Morgan fingerprint density at radius 1 is 1.06 bits per heavy atom. The molecular formula is C27H32F2N4O2S. The zero-order chi connectivity index (χ0) is 26.8. The van der Waals surface area contributed by atoms with Crippen LogP contribution in [-0.4, -0.2) is 25.7 Å². The van der Waals surface area contributed by atoms with Gasteiger partial charge in [0.15, 0.2) is 5.82 Å². The lowest BCUT2D eigenvalue weighted by Gasteiger charge is -2.10. The van der Waals surface area contributed by atoms with Crippen LogP contribution in [0.2, 0.25) is 0 Å². The number of carbonyl (C=O) groups excluding carboxylic acids is 1. The van der Waals surface area contributed by atoms with Crippen LogP contribution in [0, 0.1) is 11.6 Å². The molecule has 2 heterocycles. The summed E-state index contributed by atoms with van der Waals surface area (Å²) in [7, 11) is -1.54. The Morgan fingerprint density at radius 2 is 1.72 bits per heavy atom. The summed E-state index contributed by atoms with van der Waals surface area (Å²) in [6, 6.07) is 11.0. The normalized spacial score (nSPS) is 11.1. The second kappa shape index (κ2) is 13.5. The van der Waals surface area contributed by atoms with Crippen LogP contribution < -0.4 is 10.5 Å². The van der Waals surface area contributed by atoms with E-state index < -0.39 is 34.0 Å². The lowest BCUT2D eigenvalue weighted by atomic mass is 10.00. The minimum Gasteiger partial charge on any atom is -0.399 e. The molecule has 4 N–H and O–H groups in total. The van der Waals surface area contributed by atoms with Gasteiger partial charge in [-0.2, -0.15) is 0 Å². The topological polar surface area (TPSA) is 101 Å². The van der Waals surface area contributed by atoms with Gasteiger partial charge in [0.2, 0.25) is 5.78 Å². The zero-order valence-electron chi connectivity index (χ0n) is 21.1. The van der Waals surface area contributed by atoms with Crippen molar-refractivity contribution in [2.45, 2.75) is 41.0 Å². The first-order valence-electron chi connectivity index (χ1n) is 11.9. The highest BCUT2D eigenvalue weighted by atomic mass is 32.2. The number of nitrogens with one attached hydrogen (secondary N) is 2. The third-order valence-electron chi connectivity index (χ3n) is 4.95. The van der Waals surface area contributed by atoms with E-state index in [9.17, 15) is 13.4 Å². The summed E-state index contributed by atoms with van der Waals surface area (Å²) in [6.07, 6.45) is 3.63. The van der Waals surface area contributed by atoms with E-state index in [2.05, 4.69) is 14.7 Å². The highest BCUT2D eigenvalue weighted by Crippen LogP contribution is 2.29. The number of halogens is 2. The summed E-state index contributed by atoms with van der Waals surface area (Å²) in [4.78, 5) is 20.4. The molecule has 0 aliphatic heterocycles. The number of hydrogen-bond acceptors (Lipinski definition) is 4. The summed E-state index contributed by atoms with van der Waals surface area (Å²) in [5.41, 5.74) is 7.47. The largest absolute Gasteiger partial charge is 0.399 e. The molecule has 9 heteroatoms. The smallest absolute Gasteiger partial charge is 0.201 e. The predicted octanol–water partition coefficient (Wildman–Crippen LogP) is 6.86. The van der Waals surface area contributed by atoms with Crippen molar-refractivity contribution >= 4 is 39.2 Å². The molecule has 2 aromatic carbocycles. The molecule has 36 heavy (non-hydrogen) atoms. The molecule has 4 rings (SSSR count). The maximum Gasteiger partial charge on any atom is 0.201 e. The van der Waals surface area contributed by atoms with E-state index in [0.29, 0.717) is 28.9 Å². The second-order valence-corrected chi connectivity index (χ2v) is 8.51. The van der Waals surface area contributed by atoms with Crippen LogP contribution in [0.15, 0.2) is 54.9 Å². The average Bonchev–Trinajstić information content (AvgIpc) is 3.32. The van der Waals surface area contributed by atoms with E-state index >= 15 is 4.39 Å². The molecule has 1 atom stereocenters. The van der Waals surface area contributed by atoms with Crippen LogP contribution in [0.5, 0.6) is 0 Å². The van der Waals surface area contributed by atoms with Gasteiger partial charge in [0.1, 0.15) is 22.5 Å². The number of anilines is 2. The number of rotatable bonds is 7. The lowest BCUT2D eigenvalue weighted by molar-refractivity contribution is 0.103. The summed E-state index contributed by atoms with van der Waals surface area (Å²) in [5.74, 6) is -2.64. The van der Waals surface area contributed by atoms with Crippen LogP contribution in [0.3, 0.4) is 0 Å². The second-order valence-electron chi connectivity index (χ2n) is 7.21. The van der Waals surface area contributed by atoms with Gasteiger partial charge in [0.05, 0.1) is 11.3 Å². The van der Waals surface area contributed by atoms with Crippen molar-refractivity contribution in [2.75, 3.05) is 16.2 Å². The Hall–Kier alpha value is -3.59. The highest BCUT2D eigenvalue weighted by Gasteiger charge is 2.25. The van der Waals surface area contributed by atoms with Crippen LogP contribution in [0.25, 0.3) is 22.2 Å². The fourth-order valence-electron chi connectivity index (χ4n) is 3.36. The molecular weight excluding hydrogens is 482 g/mol. The fraction of sp³-hybridized carbons (Fsp3) is 0.259. The van der Waals surface area contributed by atoms with Gasteiger partial charge in [-0.3, -0.25) is 4.79 Å². The van der Waals surface area contributed by atoms with Crippen LogP contribution in [-0.2, 0) is 11.0 Å². The molecule has 0 aliphatic carbocycles. The molecule has 0 saturated carbocycles. The van der Waals surface area contributed by atoms with E-state index in [1.54, 1.807) is 24.4 Å². The number of aromatic amines is 1. The third kappa shape index (κ3) is 6.34. The van der Waals surface area contributed by atoms with E-state index in [1.807, 2.05) is 46.8 Å². The van der Waals surface area contributed by atoms with Gasteiger partial charge in [-0.05, 0) is 42.3 Å². The maximum absolute atomic E-state index is 15.1. The first-order chi connectivity index (χ1) is 17.4. The van der Waals surface area contributed by atoms with Crippen molar-refractivity contribution in [1.29, 1.82) is 0 Å². The maximum atomic E-state index is 15.1. The van der Waals surface area contributed by atoms with Crippen molar-refractivity contribution in [3.63, 3.8) is 0 Å². The average molecular weight is 515 g/mol. The van der Waals surface area contributed by atoms with Crippen molar-refractivity contribution in [3.8, 4) is 11.1 Å². The Balaban J connectivity index is 0.00000109. The number of carbonyl (C=O) groups is 1. The summed E-state index contributed by atoms with van der Waals surface area (Å²) >= 11 is 0. The van der Waals surface area contributed by atoms with E-state index in [1.165, 1.54) is 6.20 Å².